The predicted octanol–water partition coefficient (Wildman–Crippen LogP) is 2.88. The van der Waals surface area contributed by atoms with E-state index in [9.17, 15) is 0 Å². The van der Waals surface area contributed by atoms with Gasteiger partial charge in [0.15, 0.2) is 0 Å². The zero-order chi connectivity index (χ0) is 7.56. The third kappa shape index (κ3) is 3.78. The molecule has 0 saturated carbocycles. The molecule has 1 heterocycles. The monoisotopic (exact) mass is 224 g/mol. The summed E-state index contributed by atoms with van der Waals surface area (Å²) >= 11 is 0. The first-order valence-corrected chi connectivity index (χ1v) is 3.25. The molecule has 0 fully saturated rings. The van der Waals surface area contributed by atoms with E-state index in [0.717, 1.165) is 5.76 Å². The van der Waals surface area contributed by atoms with Crippen molar-refractivity contribution in [3.05, 3.63) is 36.2 Å². The van der Waals surface area contributed by atoms with Crippen LogP contribution in [0.3, 0.4) is 0 Å². The summed E-state index contributed by atoms with van der Waals surface area (Å²) in [5, 5.41) is 0. The third-order valence-corrected chi connectivity index (χ3v) is 1.11. The Balaban J connectivity index is 0.000001000. The van der Waals surface area contributed by atoms with Crippen molar-refractivity contribution in [1.82, 2.24) is 0 Å². The molecule has 0 saturated heterocycles. The largest absolute Gasteiger partial charge is 0.497 e. The van der Waals surface area contributed by atoms with Gasteiger partial charge in [0.2, 0.25) is 0 Å². The van der Waals surface area contributed by atoms with Crippen molar-refractivity contribution >= 4 is 6.08 Å². The fourth-order valence-corrected chi connectivity index (χ4v) is 0.757. The summed E-state index contributed by atoms with van der Waals surface area (Å²) in [5.41, 5.74) is 1.23. The van der Waals surface area contributed by atoms with E-state index in [1.165, 1.54) is 5.57 Å². The molecule has 1 aromatic heterocycles. The molecule has 0 unspecified atom stereocenters. The number of furan rings is 1. The Kier molecular flexibility index (Phi) is 4.79. The molecule has 0 aliphatic rings. The molecule has 1 rings (SSSR count). The Morgan fingerprint density at radius 1 is 1.45 bits per heavy atom. The van der Waals surface area contributed by atoms with Gasteiger partial charge < -0.3 is 4.42 Å². The van der Waals surface area contributed by atoms with Gasteiger partial charge in [0, 0.05) is 32.7 Å². The second-order valence-electron chi connectivity index (χ2n) is 2.53. The van der Waals surface area contributed by atoms with E-state index >= 15 is 0 Å². The van der Waals surface area contributed by atoms with Crippen molar-refractivity contribution in [2.45, 2.75) is 13.8 Å². The van der Waals surface area contributed by atoms with Crippen LogP contribution in [0.1, 0.15) is 25.4 Å². The molecule has 0 spiro atoms. The number of rotatable bonds is 1. The van der Waals surface area contributed by atoms with Crippen LogP contribution in [-0.2, 0) is 32.7 Å². The quantitative estimate of drug-likeness (QED) is 0.668. The topological polar surface area (TPSA) is 13.1 Å². The fraction of sp³-hybridized carbons (Fsp3) is 0.222. The van der Waals surface area contributed by atoms with Gasteiger partial charge in [0.25, 0.3) is 0 Å². The van der Waals surface area contributed by atoms with Crippen LogP contribution in [0.5, 0.6) is 0 Å². The van der Waals surface area contributed by atoms with Crippen LogP contribution in [0, 0.1) is 6.92 Å². The van der Waals surface area contributed by atoms with E-state index in [1.54, 1.807) is 0 Å². The van der Waals surface area contributed by atoms with Crippen LogP contribution in [0.25, 0.3) is 6.08 Å². The Morgan fingerprint density at radius 2 is 2.09 bits per heavy atom. The van der Waals surface area contributed by atoms with Crippen LogP contribution in [0.15, 0.2) is 22.1 Å². The van der Waals surface area contributed by atoms with E-state index in [2.05, 4.69) is 6.92 Å². The fourth-order valence-electron chi connectivity index (χ4n) is 0.757. The predicted molar refractivity (Wildman–Crippen MR) is 42.5 cm³/mol. The molecule has 2 heteroatoms. The summed E-state index contributed by atoms with van der Waals surface area (Å²) in [6.45, 7) is 7.72. The minimum atomic E-state index is 0. The van der Waals surface area contributed by atoms with Crippen molar-refractivity contribution in [3.63, 3.8) is 0 Å². The first kappa shape index (κ1) is 11.0. The zero-order valence-electron chi connectivity index (χ0n) is 6.92. The Morgan fingerprint density at radius 3 is 2.45 bits per heavy atom. The second kappa shape index (κ2) is 4.79. The summed E-state index contributed by atoms with van der Waals surface area (Å²) in [7, 11) is 0. The van der Waals surface area contributed by atoms with Gasteiger partial charge in [-0.05, 0) is 25.7 Å². The molecule has 0 aliphatic carbocycles. The molecule has 0 amide bonds. The van der Waals surface area contributed by atoms with Gasteiger partial charge >= 0.3 is 0 Å². The van der Waals surface area contributed by atoms with Gasteiger partial charge in [-0.2, -0.15) is 6.07 Å². The SMILES string of the molecule is [CH2-]c1ccc(C=C(C)C)o1.[Y]. The smallest absolute Gasteiger partial charge is 0.105 e. The maximum atomic E-state index is 5.21. The molecule has 11 heavy (non-hydrogen) atoms. The molecule has 0 aliphatic heterocycles. The van der Waals surface area contributed by atoms with E-state index in [-0.39, 0.29) is 32.7 Å². The molecule has 0 bridgehead atoms. The van der Waals surface area contributed by atoms with Gasteiger partial charge in [-0.3, -0.25) is 0 Å². The molecule has 57 valence electrons. The maximum Gasteiger partial charge on any atom is 0.105 e. The Labute approximate surface area is 92.7 Å². The second-order valence-corrected chi connectivity index (χ2v) is 2.53. The molecular weight excluding hydrogens is 213 g/mol. The minimum Gasteiger partial charge on any atom is -0.497 e. The molecule has 1 aromatic rings. The van der Waals surface area contributed by atoms with E-state index in [1.807, 2.05) is 32.1 Å². The summed E-state index contributed by atoms with van der Waals surface area (Å²) < 4.78 is 5.21. The van der Waals surface area contributed by atoms with E-state index in [0.29, 0.717) is 5.76 Å². The van der Waals surface area contributed by atoms with Crippen LogP contribution in [0.2, 0.25) is 0 Å². The zero-order valence-corrected chi connectivity index (χ0v) is 9.76. The summed E-state index contributed by atoms with van der Waals surface area (Å²) in [6.07, 6.45) is 1.98. The standard InChI is InChI=1S/C9H11O.Y/c1-7(2)6-9-5-4-8(3)10-9;/h4-6H,3H2,1-2H3;/q-1;. The minimum absolute atomic E-state index is 0. The van der Waals surface area contributed by atoms with Gasteiger partial charge in [0.1, 0.15) is 5.76 Å². The average molecular weight is 224 g/mol. The van der Waals surface area contributed by atoms with Crippen LogP contribution in [-0.4, -0.2) is 0 Å². The number of allylic oxidation sites excluding steroid dienone is 1. The van der Waals surface area contributed by atoms with Gasteiger partial charge in [0.05, 0.1) is 0 Å². The van der Waals surface area contributed by atoms with Gasteiger partial charge in [-0.25, -0.2) is 6.92 Å². The summed E-state index contributed by atoms with van der Waals surface area (Å²) in [6, 6.07) is 3.77. The van der Waals surface area contributed by atoms with Gasteiger partial charge in [-0.1, -0.05) is 11.6 Å². The number of hydrogen-bond acceptors (Lipinski definition) is 1. The van der Waals surface area contributed by atoms with E-state index in [4.69, 9.17) is 4.42 Å². The molecule has 1 nitrogen and oxygen atoms in total. The van der Waals surface area contributed by atoms with Crippen molar-refractivity contribution < 1.29 is 37.1 Å². The summed E-state index contributed by atoms with van der Waals surface area (Å²) in [4.78, 5) is 0. The van der Waals surface area contributed by atoms with Crippen molar-refractivity contribution in [1.29, 1.82) is 0 Å². The average Bonchev–Trinajstić information content (AvgIpc) is 2.13. The van der Waals surface area contributed by atoms with Crippen LogP contribution < -0.4 is 0 Å². The number of hydrogen-bond donors (Lipinski definition) is 0. The van der Waals surface area contributed by atoms with Crippen molar-refractivity contribution in [3.8, 4) is 0 Å². The third-order valence-electron chi connectivity index (χ3n) is 1.11. The normalized spacial score (nSPS) is 8.55. The Bertz CT molecular complexity index is 244. The van der Waals surface area contributed by atoms with Gasteiger partial charge in [-0.15, -0.1) is 0 Å². The summed E-state index contributed by atoms with van der Waals surface area (Å²) in [5.74, 6) is 1.59. The molecule has 0 N–H and O–H groups in total. The first-order chi connectivity index (χ1) is 4.68. The first-order valence-electron chi connectivity index (χ1n) is 3.25. The van der Waals surface area contributed by atoms with Crippen molar-refractivity contribution in [2.75, 3.05) is 0 Å². The molecule has 1 radical (unpaired) electrons. The maximum absolute atomic E-state index is 5.21. The van der Waals surface area contributed by atoms with Crippen LogP contribution in [0.4, 0.5) is 0 Å². The molecular formula is C9H11OY-. The Hall–Kier alpha value is -0.00610. The molecule has 0 atom stereocenters. The van der Waals surface area contributed by atoms with Crippen molar-refractivity contribution in [2.24, 2.45) is 0 Å². The van der Waals surface area contributed by atoms with E-state index < -0.39 is 0 Å². The van der Waals surface area contributed by atoms with Crippen LogP contribution >= 0.6 is 0 Å². The molecule has 0 aromatic carbocycles.